The summed E-state index contributed by atoms with van der Waals surface area (Å²) in [5.74, 6) is -0.381. The first-order valence-corrected chi connectivity index (χ1v) is 12.5. The Bertz CT molecular complexity index is 1410. The molecule has 0 aliphatic carbocycles. The second kappa shape index (κ2) is 10.7. The van der Waals surface area contributed by atoms with Gasteiger partial charge in [0.25, 0.3) is 0 Å². The van der Waals surface area contributed by atoms with Crippen molar-refractivity contribution in [3.05, 3.63) is 74.7 Å². The molecule has 1 N–H and O–H groups in total. The largest absolute Gasteiger partial charge is 0.476 e. The number of benzene rings is 2. The van der Waals surface area contributed by atoms with E-state index >= 15 is 0 Å². The van der Waals surface area contributed by atoms with Gasteiger partial charge in [0.2, 0.25) is 0 Å². The smallest absolute Gasteiger partial charge is 0.355 e. The van der Waals surface area contributed by atoms with Gasteiger partial charge < -0.3 is 18.8 Å². The van der Waals surface area contributed by atoms with E-state index in [1.54, 1.807) is 23.6 Å². The third-order valence-electron chi connectivity index (χ3n) is 5.66. The number of carboxylic acids is 1. The Balaban J connectivity index is 1.76. The SMILES string of the molecule is CCCCc1nc(Cl)c(C(=O)O)n1Cc1ccc2oc(-c3ccccc3C(=O)OCC)c(Br)c2c1. The summed E-state index contributed by atoms with van der Waals surface area (Å²) in [6.45, 7) is 4.39. The predicted octanol–water partition coefficient (Wildman–Crippen LogP) is 6.98. The van der Waals surface area contributed by atoms with Crippen molar-refractivity contribution in [2.45, 2.75) is 39.7 Å². The van der Waals surface area contributed by atoms with Crippen molar-refractivity contribution in [1.82, 2.24) is 9.55 Å². The number of esters is 1. The van der Waals surface area contributed by atoms with Crippen LogP contribution in [-0.2, 0) is 17.7 Å². The minimum absolute atomic E-state index is 0.00738. The lowest BCUT2D eigenvalue weighted by Gasteiger charge is -2.10. The molecule has 35 heavy (non-hydrogen) atoms. The van der Waals surface area contributed by atoms with Crippen LogP contribution in [0.1, 0.15) is 58.9 Å². The number of fused-ring (bicyclic) bond motifs is 1. The fraction of sp³-hybridized carbons (Fsp3) is 0.269. The van der Waals surface area contributed by atoms with E-state index in [-0.39, 0.29) is 17.5 Å². The summed E-state index contributed by atoms with van der Waals surface area (Å²) < 4.78 is 13.7. The Morgan fingerprint density at radius 3 is 2.69 bits per heavy atom. The number of furan rings is 1. The number of carbonyl (C=O) groups excluding carboxylic acids is 1. The van der Waals surface area contributed by atoms with Gasteiger partial charge in [-0.25, -0.2) is 14.6 Å². The number of carbonyl (C=O) groups is 2. The van der Waals surface area contributed by atoms with Crippen molar-refractivity contribution in [1.29, 1.82) is 0 Å². The molecule has 2 aromatic carbocycles. The fourth-order valence-electron chi connectivity index (χ4n) is 4.00. The van der Waals surface area contributed by atoms with Crippen molar-refractivity contribution in [3.63, 3.8) is 0 Å². The van der Waals surface area contributed by atoms with E-state index in [1.807, 2.05) is 30.3 Å². The normalized spacial score (nSPS) is 11.2. The standard InChI is InChI=1S/C26H24BrClN2O5/c1-3-5-10-20-29-24(28)22(25(31)32)30(20)14-15-11-12-19-18(13-15)21(27)23(35-19)16-8-6-7-9-17(16)26(33)34-4-2/h6-9,11-13H,3-5,10,14H2,1-2H3,(H,31,32). The molecular formula is C26H24BrClN2O5. The van der Waals surface area contributed by atoms with E-state index in [1.165, 1.54) is 0 Å². The molecule has 0 spiro atoms. The maximum absolute atomic E-state index is 12.5. The number of aromatic nitrogens is 2. The van der Waals surface area contributed by atoms with Crippen LogP contribution in [0.4, 0.5) is 0 Å². The zero-order valence-corrected chi connectivity index (χ0v) is 21.6. The predicted molar refractivity (Wildman–Crippen MR) is 137 cm³/mol. The zero-order chi connectivity index (χ0) is 25.1. The quantitative estimate of drug-likeness (QED) is 0.222. The molecule has 4 aromatic rings. The Morgan fingerprint density at radius 2 is 1.97 bits per heavy atom. The van der Waals surface area contributed by atoms with Gasteiger partial charge in [-0.3, -0.25) is 0 Å². The molecule has 0 unspecified atom stereocenters. The lowest BCUT2D eigenvalue weighted by molar-refractivity contribution is 0.0526. The van der Waals surface area contributed by atoms with Gasteiger partial charge in [0, 0.05) is 23.9 Å². The number of nitrogens with zero attached hydrogens (tertiary/aromatic N) is 2. The van der Waals surface area contributed by atoms with Crippen molar-refractivity contribution in [2.75, 3.05) is 6.61 Å². The molecule has 0 aliphatic heterocycles. The highest BCUT2D eigenvalue weighted by Crippen LogP contribution is 2.39. The third-order valence-corrected chi connectivity index (χ3v) is 6.71. The summed E-state index contributed by atoms with van der Waals surface area (Å²) >= 11 is 9.81. The molecule has 0 saturated carbocycles. The van der Waals surface area contributed by atoms with Gasteiger partial charge in [0.05, 0.1) is 16.6 Å². The Hall–Kier alpha value is -3.10. The number of rotatable bonds is 9. The first-order valence-electron chi connectivity index (χ1n) is 11.3. The average molecular weight is 560 g/mol. The van der Waals surface area contributed by atoms with Crippen LogP contribution in [0.15, 0.2) is 51.4 Å². The topological polar surface area (TPSA) is 94.6 Å². The average Bonchev–Trinajstić information content (AvgIpc) is 3.33. The lowest BCUT2D eigenvalue weighted by atomic mass is 10.0. The van der Waals surface area contributed by atoms with E-state index in [0.717, 1.165) is 23.8 Å². The highest BCUT2D eigenvalue weighted by Gasteiger charge is 2.23. The second-order valence-corrected chi connectivity index (χ2v) is 9.16. The summed E-state index contributed by atoms with van der Waals surface area (Å²) in [6.07, 6.45) is 2.47. The summed E-state index contributed by atoms with van der Waals surface area (Å²) in [5.41, 5.74) is 2.50. The molecule has 0 fully saturated rings. The van der Waals surface area contributed by atoms with Gasteiger partial charge in [-0.15, -0.1) is 0 Å². The van der Waals surface area contributed by atoms with E-state index in [2.05, 4.69) is 27.8 Å². The number of hydrogen-bond acceptors (Lipinski definition) is 5. The maximum Gasteiger partial charge on any atom is 0.355 e. The molecule has 4 rings (SSSR count). The van der Waals surface area contributed by atoms with Crippen molar-refractivity contribution >= 4 is 50.4 Å². The maximum atomic E-state index is 12.5. The number of aryl methyl sites for hydroxylation is 1. The Kier molecular flexibility index (Phi) is 7.62. The van der Waals surface area contributed by atoms with Gasteiger partial charge in [-0.1, -0.05) is 49.2 Å². The molecule has 0 amide bonds. The number of imidazole rings is 1. The molecule has 0 radical (unpaired) electrons. The van der Waals surface area contributed by atoms with Crippen LogP contribution < -0.4 is 0 Å². The zero-order valence-electron chi connectivity index (χ0n) is 19.3. The minimum Gasteiger partial charge on any atom is -0.476 e. The van der Waals surface area contributed by atoms with Crippen LogP contribution in [-0.4, -0.2) is 33.2 Å². The molecule has 0 saturated heterocycles. The fourth-order valence-corrected chi connectivity index (χ4v) is 4.89. The van der Waals surface area contributed by atoms with Gasteiger partial charge in [0.1, 0.15) is 17.2 Å². The van der Waals surface area contributed by atoms with Crippen LogP contribution >= 0.6 is 27.5 Å². The highest BCUT2D eigenvalue weighted by atomic mass is 79.9. The molecule has 0 atom stereocenters. The van der Waals surface area contributed by atoms with Crippen LogP contribution in [0.2, 0.25) is 5.15 Å². The van der Waals surface area contributed by atoms with E-state index < -0.39 is 11.9 Å². The first kappa shape index (κ1) is 25.0. The summed E-state index contributed by atoms with van der Waals surface area (Å²) in [6, 6.07) is 12.8. The number of hydrogen-bond donors (Lipinski definition) is 1. The van der Waals surface area contributed by atoms with Gasteiger partial charge in [-0.05, 0) is 53.0 Å². The third kappa shape index (κ3) is 4.99. The molecule has 0 aliphatic rings. The molecule has 2 heterocycles. The number of aromatic carboxylic acids is 1. The van der Waals surface area contributed by atoms with Crippen LogP contribution in [0, 0.1) is 0 Å². The second-order valence-electron chi connectivity index (χ2n) is 8.00. The molecule has 2 aromatic heterocycles. The molecule has 182 valence electrons. The monoisotopic (exact) mass is 558 g/mol. The first-order chi connectivity index (χ1) is 16.8. The van der Waals surface area contributed by atoms with Crippen molar-refractivity contribution in [2.24, 2.45) is 0 Å². The number of unbranched alkanes of at least 4 members (excludes halogenated alkanes) is 1. The van der Waals surface area contributed by atoms with Crippen LogP contribution in [0.25, 0.3) is 22.3 Å². The molecular weight excluding hydrogens is 536 g/mol. The van der Waals surface area contributed by atoms with Crippen molar-refractivity contribution < 1.29 is 23.8 Å². The van der Waals surface area contributed by atoms with Crippen LogP contribution in [0.5, 0.6) is 0 Å². The van der Waals surface area contributed by atoms with Gasteiger partial charge in [-0.2, -0.15) is 0 Å². The van der Waals surface area contributed by atoms with E-state index in [4.69, 9.17) is 20.8 Å². The number of carboxylic acid groups (broad SMARTS) is 1. The van der Waals surface area contributed by atoms with Gasteiger partial charge >= 0.3 is 11.9 Å². The Labute approximate surface area is 215 Å². The highest BCUT2D eigenvalue weighted by molar-refractivity contribution is 9.10. The van der Waals surface area contributed by atoms with Crippen LogP contribution in [0.3, 0.4) is 0 Å². The van der Waals surface area contributed by atoms with Gasteiger partial charge in [0.15, 0.2) is 10.8 Å². The van der Waals surface area contributed by atoms with E-state index in [9.17, 15) is 14.7 Å². The lowest BCUT2D eigenvalue weighted by Crippen LogP contribution is -2.13. The summed E-state index contributed by atoms with van der Waals surface area (Å²) in [7, 11) is 0. The van der Waals surface area contributed by atoms with E-state index in [0.29, 0.717) is 45.7 Å². The minimum atomic E-state index is -1.12. The molecule has 7 nitrogen and oxygen atoms in total. The molecule has 9 heteroatoms. The Morgan fingerprint density at radius 1 is 1.20 bits per heavy atom. The number of halogens is 2. The summed E-state index contributed by atoms with van der Waals surface area (Å²) in [5, 5.41) is 10.5. The molecule has 0 bridgehead atoms. The number of ether oxygens (including phenoxy) is 1. The van der Waals surface area contributed by atoms with Crippen molar-refractivity contribution in [3.8, 4) is 11.3 Å². The summed E-state index contributed by atoms with van der Waals surface area (Å²) in [4.78, 5) is 28.7.